The third kappa shape index (κ3) is 59.9. The van der Waals surface area contributed by atoms with Crippen LogP contribution in [0.3, 0.4) is 0 Å². The second kappa shape index (κ2) is 30.9. The monoisotopic (exact) mass is 440 g/mol. The Hall–Kier alpha value is -0.917. The Balaban J connectivity index is -0.0000000788. The van der Waals surface area contributed by atoms with Crippen molar-refractivity contribution in [1.82, 2.24) is 0 Å². The summed E-state index contributed by atoms with van der Waals surface area (Å²) >= 11 is 0. The predicted molar refractivity (Wildman–Crippen MR) is 84.6 cm³/mol. The summed E-state index contributed by atoms with van der Waals surface area (Å²) in [5.74, 6) is -3.07. The molecule has 0 bridgehead atoms. The maximum absolute atomic E-state index is 10.4. The summed E-state index contributed by atoms with van der Waals surface area (Å²) < 4.78 is 0. The van der Waals surface area contributed by atoms with Gasteiger partial charge in [-0.05, 0) is 26.7 Å². The molecular weight excluding hydrogens is 411 g/mol. The first-order chi connectivity index (χ1) is 11.2. The van der Waals surface area contributed by atoms with Gasteiger partial charge in [0.15, 0.2) is 0 Å². The van der Waals surface area contributed by atoms with Crippen LogP contribution in [0.15, 0.2) is 0 Å². The topological polar surface area (TPSA) is 155 Å². The van der Waals surface area contributed by atoms with Crippen LogP contribution >= 0.6 is 0 Å². The van der Waals surface area contributed by atoms with Gasteiger partial charge in [0.05, 0.1) is 0 Å². The van der Waals surface area contributed by atoms with Crippen LogP contribution in [0.2, 0.25) is 0 Å². The van der Waals surface area contributed by atoms with Crippen LogP contribution in [0, 0.1) is 0 Å². The van der Waals surface area contributed by atoms with Gasteiger partial charge in [0.25, 0.3) is 0 Å². The van der Waals surface area contributed by atoms with Gasteiger partial charge in [-0.2, -0.15) is 0 Å². The van der Waals surface area contributed by atoms with Crippen LogP contribution < -0.4 is 10.2 Å². The molecule has 0 unspecified atom stereocenters. The maximum atomic E-state index is 10.4. The summed E-state index contributed by atoms with van der Waals surface area (Å²) in [4.78, 5) is 40.4. The van der Waals surface area contributed by atoms with Crippen molar-refractivity contribution in [2.45, 2.75) is 66.2 Å². The minimum Gasteiger partial charge on any atom is -0.550 e. The zero-order valence-electron chi connectivity index (χ0n) is 15.5. The van der Waals surface area contributed by atoms with Crippen LogP contribution in [0.4, 0.5) is 0 Å². The normalized spacial score (nSPS) is 7.92. The standard InChI is InChI=1S/2C6H10O3.2C2H6O.Zr/c2*1-2-3-5(7)4-6(8)9;2*1-2-3;/h2*2-4H2,1H3,(H,8,9);2*3H,2H2,1H3;/q;;;;+2/p-2. The van der Waals surface area contributed by atoms with Crippen LogP contribution in [0.25, 0.3) is 0 Å². The van der Waals surface area contributed by atoms with E-state index in [1.165, 1.54) is 0 Å². The van der Waals surface area contributed by atoms with Gasteiger partial charge < -0.3 is 30.0 Å². The number of carbonyl (C=O) groups excluding carboxylic acids is 4. The second-order valence-electron chi connectivity index (χ2n) is 4.31. The van der Waals surface area contributed by atoms with Crippen LogP contribution in [-0.4, -0.2) is 46.9 Å². The molecule has 0 spiro atoms. The molecule has 2 N–H and O–H groups in total. The van der Waals surface area contributed by atoms with Crippen LogP contribution in [0.1, 0.15) is 66.2 Å². The van der Waals surface area contributed by atoms with Crippen molar-refractivity contribution in [3.8, 4) is 0 Å². The molecule has 0 aromatic heterocycles. The van der Waals surface area contributed by atoms with E-state index in [1.54, 1.807) is 13.8 Å². The van der Waals surface area contributed by atoms with Gasteiger partial charge in [-0.3, -0.25) is 9.59 Å². The number of Topliss-reactive ketones (excluding diaryl/α,β-unsaturated/α-hetero) is 2. The van der Waals surface area contributed by atoms with Crippen molar-refractivity contribution in [2.24, 2.45) is 0 Å². The second-order valence-corrected chi connectivity index (χ2v) is 4.31. The smallest absolute Gasteiger partial charge is 0.550 e. The molecule has 0 atom stereocenters. The van der Waals surface area contributed by atoms with Gasteiger partial charge in [0, 0.05) is 50.8 Å². The summed E-state index contributed by atoms with van der Waals surface area (Å²) in [5.41, 5.74) is 0. The molecule has 0 radical (unpaired) electrons. The van der Waals surface area contributed by atoms with Crippen molar-refractivity contribution in [1.29, 1.82) is 0 Å². The average Bonchev–Trinajstić information content (AvgIpc) is 2.39. The first-order valence-electron chi connectivity index (χ1n) is 7.81. The van der Waals surface area contributed by atoms with Gasteiger partial charge in [0.2, 0.25) is 0 Å². The van der Waals surface area contributed by atoms with E-state index in [0.717, 1.165) is 0 Å². The molecule has 0 aromatic carbocycles. The summed E-state index contributed by atoms with van der Waals surface area (Å²) in [6, 6.07) is 0. The summed E-state index contributed by atoms with van der Waals surface area (Å²) in [6.45, 7) is 7.51. The number of carbonyl (C=O) groups is 4. The van der Waals surface area contributed by atoms with Crippen LogP contribution in [-0.2, 0) is 45.4 Å². The molecular formula is C16H30O8Zr. The van der Waals surface area contributed by atoms with Crippen molar-refractivity contribution < 1.29 is 65.8 Å². The molecule has 0 aromatic rings. The van der Waals surface area contributed by atoms with E-state index in [0.29, 0.717) is 25.7 Å². The van der Waals surface area contributed by atoms with E-state index in [9.17, 15) is 29.4 Å². The fraction of sp³-hybridized carbons (Fsp3) is 0.750. The van der Waals surface area contributed by atoms with Crippen molar-refractivity contribution in [2.75, 3.05) is 13.2 Å². The fourth-order valence-corrected chi connectivity index (χ4v) is 1.06. The first-order valence-corrected chi connectivity index (χ1v) is 7.81. The van der Waals surface area contributed by atoms with Gasteiger partial charge in [-0.1, -0.05) is 13.8 Å². The number of ketones is 2. The number of aliphatic hydroxyl groups is 2. The summed E-state index contributed by atoms with van der Waals surface area (Å²) in [7, 11) is 0. The van der Waals surface area contributed by atoms with E-state index in [1.807, 2.05) is 13.8 Å². The molecule has 0 saturated carbocycles. The molecule has 8 nitrogen and oxygen atoms in total. The van der Waals surface area contributed by atoms with Crippen molar-refractivity contribution in [3.05, 3.63) is 0 Å². The number of aliphatic hydroxyl groups excluding tert-OH is 2. The largest absolute Gasteiger partial charge is 2.00 e. The minimum atomic E-state index is -1.28. The Morgan fingerprint density at radius 2 is 0.880 bits per heavy atom. The predicted octanol–water partition coefficient (Wildman–Crippen LogP) is -1.01. The minimum absolute atomic E-state index is 0. The average molecular weight is 442 g/mol. The number of hydrogen-bond donors (Lipinski definition) is 2. The fourth-order valence-electron chi connectivity index (χ4n) is 1.06. The molecule has 0 aliphatic rings. The van der Waals surface area contributed by atoms with E-state index in [2.05, 4.69) is 0 Å². The van der Waals surface area contributed by atoms with E-state index >= 15 is 0 Å². The Morgan fingerprint density at radius 3 is 1.00 bits per heavy atom. The summed E-state index contributed by atoms with van der Waals surface area (Å²) in [5, 5.41) is 34.6. The summed E-state index contributed by atoms with van der Waals surface area (Å²) in [6.07, 6.45) is 1.21. The number of rotatable bonds is 8. The Labute approximate surface area is 168 Å². The molecule has 9 heteroatoms. The van der Waals surface area contributed by atoms with Crippen LogP contribution in [0.5, 0.6) is 0 Å². The number of carboxylic acids is 2. The molecule has 0 aliphatic heterocycles. The Morgan fingerprint density at radius 1 is 0.680 bits per heavy atom. The van der Waals surface area contributed by atoms with Crippen molar-refractivity contribution >= 4 is 23.5 Å². The van der Waals surface area contributed by atoms with Gasteiger partial charge in [0.1, 0.15) is 11.6 Å². The Bertz CT molecular complexity index is 300. The molecule has 0 fully saturated rings. The molecule has 0 aliphatic carbocycles. The Kier molecular flexibility index (Phi) is 43.6. The van der Waals surface area contributed by atoms with Gasteiger partial charge in [-0.25, -0.2) is 0 Å². The molecule has 0 saturated heterocycles. The number of carboxylic acid groups (broad SMARTS) is 2. The SMILES string of the molecule is CCCC(=O)CC(=O)[O-].CCCC(=O)CC(=O)[O-].CCO.CCO.[Zr+2]. The van der Waals surface area contributed by atoms with Gasteiger partial charge >= 0.3 is 26.2 Å². The van der Waals surface area contributed by atoms with E-state index in [4.69, 9.17) is 10.2 Å². The number of hydrogen-bond acceptors (Lipinski definition) is 8. The molecule has 0 amide bonds. The quantitative estimate of drug-likeness (QED) is 0.454. The third-order valence-corrected chi connectivity index (χ3v) is 1.74. The molecule has 0 heterocycles. The zero-order valence-corrected chi connectivity index (χ0v) is 18.0. The first kappa shape index (κ1) is 35.2. The number of aliphatic carboxylic acids is 2. The zero-order chi connectivity index (χ0) is 20.0. The van der Waals surface area contributed by atoms with E-state index < -0.39 is 24.8 Å². The molecule has 0 rings (SSSR count). The third-order valence-electron chi connectivity index (χ3n) is 1.74. The van der Waals surface area contributed by atoms with Gasteiger partial charge in [-0.15, -0.1) is 0 Å². The van der Waals surface area contributed by atoms with Crippen molar-refractivity contribution in [3.63, 3.8) is 0 Å². The maximum Gasteiger partial charge on any atom is 2.00 e. The van der Waals surface area contributed by atoms with E-state index in [-0.39, 0.29) is 51.0 Å². The molecule has 146 valence electrons. The molecule has 25 heavy (non-hydrogen) atoms.